The number of nitrogen functional groups attached to an aromatic ring is 1. The predicted octanol–water partition coefficient (Wildman–Crippen LogP) is 1.67. The van der Waals surface area contributed by atoms with Gasteiger partial charge >= 0.3 is 0 Å². The number of rotatable bonds is 3. The predicted molar refractivity (Wildman–Crippen MR) is 65.3 cm³/mol. The second kappa shape index (κ2) is 5.30. The number of thiazole rings is 1. The van der Waals surface area contributed by atoms with Gasteiger partial charge in [-0.3, -0.25) is 4.79 Å². The Hall–Kier alpha value is -1.10. The van der Waals surface area contributed by atoms with Crippen LogP contribution in [0.15, 0.2) is 5.38 Å². The van der Waals surface area contributed by atoms with Crippen LogP contribution in [0, 0.1) is 0 Å². The van der Waals surface area contributed by atoms with Gasteiger partial charge in [-0.2, -0.15) is 0 Å². The number of nitrogens with two attached hydrogens (primary N) is 1. The summed E-state index contributed by atoms with van der Waals surface area (Å²) in [7, 11) is 0. The van der Waals surface area contributed by atoms with Gasteiger partial charge in [-0.25, -0.2) is 4.98 Å². The molecule has 1 aromatic heterocycles. The molecule has 0 aromatic carbocycles. The molecule has 16 heavy (non-hydrogen) atoms. The Balaban J connectivity index is 1.78. The van der Waals surface area contributed by atoms with Crippen molar-refractivity contribution in [1.82, 2.24) is 9.88 Å². The van der Waals surface area contributed by atoms with Gasteiger partial charge in [0, 0.05) is 24.9 Å². The molecule has 1 fully saturated rings. The third-order valence-corrected chi connectivity index (χ3v) is 3.60. The molecule has 0 atom stereocenters. The maximum absolute atomic E-state index is 11.8. The lowest BCUT2D eigenvalue weighted by Gasteiger charge is -2.26. The zero-order chi connectivity index (χ0) is 11.4. The number of carbonyl (C=O) groups is 1. The number of aryl methyl sites for hydroxylation is 1. The number of piperidine rings is 1. The Kier molecular flexibility index (Phi) is 3.77. The van der Waals surface area contributed by atoms with E-state index in [1.165, 1.54) is 17.8 Å². The summed E-state index contributed by atoms with van der Waals surface area (Å²) < 4.78 is 0. The summed E-state index contributed by atoms with van der Waals surface area (Å²) in [6, 6.07) is 0. The molecular weight excluding hydrogens is 222 g/mol. The minimum absolute atomic E-state index is 0.256. The first-order chi connectivity index (χ1) is 7.75. The van der Waals surface area contributed by atoms with Crippen molar-refractivity contribution in [3.8, 4) is 0 Å². The van der Waals surface area contributed by atoms with Crippen LogP contribution in [0.2, 0.25) is 0 Å². The fraction of sp³-hybridized carbons (Fsp3) is 0.636. The van der Waals surface area contributed by atoms with Crippen LogP contribution in [-0.2, 0) is 11.2 Å². The van der Waals surface area contributed by atoms with E-state index in [1.54, 1.807) is 0 Å². The molecule has 1 amide bonds. The lowest BCUT2D eigenvalue weighted by molar-refractivity contribution is -0.132. The number of hydrogen-bond acceptors (Lipinski definition) is 4. The van der Waals surface area contributed by atoms with E-state index in [-0.39, 0.29) is 5.91 Å². The molecule has 2 rings (SSSR count). The molecule has 0 spiro atoms. The molecule has 1 saturated heterocycles. The third kappa shape index (κ3) is 2.95. The number of hydrogen-bond donors (Lipinski definition) is 1. The number of amides is 1. The standard InChI is InChI=1S/C11H17N3OS/c12-11-13-9(8-16-11)4-5-10(15)14-6-2-1-3-7-14/h8H,1-7H2,(H2,12,13). The van der Waals surface area contributed by atoms with Crippen molar-refractivity contribution in [2.75, 3.05) is 18.8 Å². The Morgan fingerprint density at radius 2 is 2.19 bits per heavy atom. The number of carbonyl (C=O) groups excluding carboxylic acids is 1. The Morgan fingerprint density at radius 3 is 2.81 bits per heavy atom. The van der Waals surface area contributed by atoms with Gasteiger partial charge in [0.1, 0.15) is 0 Å². The SMILES string of the molecule is Nc1nc(CCC(=O)N2CCCCC2)cs1. The zero-order valence-electron chi connectivity index (χ0n) is 9.32. The van der Waals surface area contributed by atoms with Crippen molar-refractivity contribution in [3.63, 3.8) is 0 Å². The summed E-state index contributed by atoms with van der Waals surface area (Å²) in [5.41, 5.74) is 6.48. The van der Waals surface area contributed by atoms with E-state index in [0.29, 0.717) is 18.0 Å². The molecule has 0 bridgehead atoms. The molecule has 2 heterocycles. The lowest BCUT2D eigenvalue weighted by Crippen LogP contribution is -2.35. The molecule has 0 unspecified atom stereocenters. The van der Waals surface area contributed by atoms with Crippen LogP contribution >= 0.6 is 11.3 Å². The van der Waals surface area contributed by atoms with Gasteiger partial charge in [0.2, 0.25) is 5.91 Å². The average molecular weight is 239 g/mol. The first kappa shape index (κ1) is 11.4. The fourth-order valence-electron chi connectivity index (χ4n) is 1.97. The van der Waals surface area contributed by atoms with E-state index in [1.807, 2.05) is 10.3 Å². The number of aromatic nitrogens is 1. The molecule has 0 radical (unpaired) electrons. The van der Waals surface area contributed by atoms with Crippen molar-refractivity contribution < 1.29 is 4.79 Å². The molecule has 88 valence electrons. The Bertz CT molecular complexity index is 358. The van der Waals surface area contributed by atoms with Crippen LogP contribution in [-0.4, -0.2) is 28.9 Å². The van der Waals surface area contributed by atoms with Gasteiger partial charge < -0.3 is 10.6 Å². The van der Waals surface area contributed by atoms with Crippen LogP contribution < -0.4 is 5.73 Å². The van der Waals surface area contributed by atoms with Crippen molar-refractivity contribution in [1.29, 1.82) is 0 Å². The molecule has 0 aliphatic carbocycles. The molecule has 1 aliphatic heterocycles. The topological polar surface area (TPSA) is 59.2 Å². The Labute approximate surface area is 99.5 Å². The highest BCUT2D eigenvalue weighted by atomic mass is 32.1. The fourth-order valence-corrected chi connectivity index (χ4v) is 2.57. The molecule has 2 N–H and O–H groups in total. The van der Waals surface area contributed by atoms with Gasteiger partial charge in [-0.15, -0.1) is 11.3 Å². The van der Waals surface area contributed by atoms with Crippen LogP contribution in [0.25, 0.3) is 0 Å². The average Bonchev–Trinajstić information content (AvgIpc) is 2.73. The smallest absolute Gasteiger partial charge is 0.222 e. The highest BCUT2D eigenvalue weighted by Crippen LogP contribution is 2.14. The largest absolute Gasteiger partial charge is 0.375 e. The van der Waals surface area contributed by atoms with Crippen molar-refractivity contribution in [3.05, 3.63) is 11.1 Å². The molecular formula is C11H17N3OS. The minimum Gasteiger partial charge on any atom is -0.375 e. The Morgan fingerprint density at radius 1 is 1.44 bits per heavy atom. The van der Waals surface area contributed by atoms with Gasteiger partial charge in [-0.05, 0) is 25.7 Å². The van der Waals surface area contributed by atoms with Gasteiger partial charge in [0.15, 0.2) is 5.13 Å². The van der Waals surface area contributed by atoms with Crippen LogP contribution in [0.4, 0.5) is 5.13 Å². The number of anilines is 1. The summed E-state index contributed by atoms with van der Waals surface area (Å²) >= 11 is 1.43. The zero-order valence-corrected chi connectivity index (χ0v) is 10.1. The van der Waals surface area contributed by atoms with E-state index in [9.17, 15) is 4.79 Å². The maximum atomic E-state index is 11.8. The maximum Gasteiger partial charge on any atom is 0.222 e. The summed E-state index contributed by atoms with van der Waals surface area (Å²) in [5, 5.41) is 2.51. The van der Waals surface area contributed by atoms with E-state index >= 15 is 0 Å². The monoisotopic (exact) mass is 239 g/mol. The van der Waals surface area contributed by atoms with Crippen LogP contribution in [0.5, 0.6) is 0 Å². The highest BCUT2D eigenvalue weighted by molar-refractivity contribution is 7.13. The quantitative estimate of drug-likeness (QED) is 0.873. The first-order valence-electron chi connectivity index (χ1n) is 5.73. The van der Waals surface area contributed by atoms with Crippen LogP contribution in [0.1, 0.15) is 31.4 Å². The molecule has 0 saturated carbocycles. The van der Waals surface area contributed by atoms with Crippen LogP contribution in [0.3, 0.4) is 0 Å². The molecule has 4 nitrogen and oxygen atoms in total. The number of likely N-dealkylation sites (tertiary alicyclic amines) is 1. The van der Waals surface area contributed by atoms with E-state index in [0.717, 1.165) is 31.6 Å². The van der Waals surface area contributed by atoms with E-state index in [2.05, 4.69) is 4.98 Å². The van der Waals surface area contributed by atoms with Gasteiger partial charge in [0.05, 0.1) is 5.69 Å². The van der Waals surface area contributed by atoms with Crippen molar-refractivity contribution in [2.24, 2.45) is 0 Å². The van der Waals surface area contributed by atoms with Crippen molar-refractivity contribution in [2.45, 2.75) is 32.1 Å². The van der Waals surface area contributed by atoms with E-state index < -0.39 is 0 Å². The molecule has 1 aliphatic rings. The number of nitrogens with zero attached hydrogens (tertiary/aromatic N) is 2. The summed E-state index contributed by atoms with van der Waals surface area (Å²) in [5.74, 6) is 0.256. The summed E-state index contributed by atoms with van der Waals surface area (Å²) in [4.78, 5) is 18.0. The van der Waals surface area contributed by atoms with Crippen molar-refractivity contribution >= 4 is 22.4 Å². The summed E-state index contributed by atoms with van der Waals surface area (Å²) in [6.07, 6.45) is 4.82. The lowest BCUT2D eigenvalue weighted by atomic mass is 10.1. The third-order valence-electron chi connectivity index (χ3n) is 2.87. The summed E-state index contributed by atoms with van der Waals surface area (Å²) in [6.45, 7) is 1.86. The van der Waals surface area contributed by atoms with Gasteiger partial charge in [0.25, 0.3) is 0 Å². The molecule has 1 aromatic rings. The van der Waals surface area contributed by atoms with Gasteiger partial charge in [-0.1, -0.05) is 0 Å². The normalized spacial score (nSPS) is 16.4. The van der Waals surface area contributed by atoms with E-state index in [4.69, 9.17) is 5.73 Å². The second-order valence-corrected chi connectivity index (χ2v) is 5.01. The molecule has 5 heteroatoms. The first-order valence-corrected chi connectivity index (χ1v) is 6.61. The minimum atomic E-state index is 0.256. The second-order valence-electron chi connectivity index (χ2n) is 4.12. The highest BCUT2D eigenvalue weighted by Gasteiger charge is 2.16.